The molecule has 0 rings (SSSR count). The molecule has 4 nitrogen and oxygen atoms in total. The van der Waals surface area contributed by atoms with Crippen molar-refractivity contribution in [2.24, 2.45) is 0 Å². The van der Waals surface area contributed by atoms with Gasteiger partial charge in [0.15, 0.2) is 5.97 Å². The van der Waals surface area contributed by atoms with E-state index in [1.165, 1.54) is 0 Å². The Morgan fingerprint density at radius 3 is 2.30 bits per heavy atom. The number of carboxylic acids is 1. The van der Waals surface area contributed by atoms with E-state index in [0.717, 1.165) is 0 Å². The van der Waals surface area contributed by atoms with Gasteiger partial charge in [0.25, 0.3) is 0 Å². The second kappa shape index (κ2) is 6.98. The number of rotatable bonds is 2. The van der Waals surface area contributed by atoms with E-state index in [2.05, 4.69) is 4.74 Å². The molecule has 0 aromatic rings. The topological polar surface area (TPSA) is 66.4 Å². The Kier molecular flexibility index (Phi) is 8.75. The summed E-state index contributed by atoms with van der Waals surface area (Å²) in [7, 11) is 0. The first-order valence-electron chi connectivity index (χ1n) is 2.12. The summed E-state index contributed by atoms with van der Waals surface area (Å²) in [5.74, 6) is -3.49. The van der Waals surface area contributed by atoms with Gasteiger partial charge < -0.3 is 14.6 Å². The van der Waals surface area contributed by atoms with Gasteiger partial charge in [-0.1, -0.05) is 0 Å². The number of carbonyl (C=O) groups is 2. The van der Waals surface area contributed by atoms with Crippen LogP contribution in [-0.4, -0.2) is 25.2 Å². The maximum absolute atomic E-state index is 11.1. The van der Waals surface area contributed by atoms with Crippen molar-refractivity contribution in [2.75, 3.05) is 13.3 Å². The minimum Gasteiger partial charge on any atom is -0.539 e. The van der Waals surface area contributed by atoms with Crippen molar-refractivity contribution in [1.29, 1.82) is 0 Å². The molecule has 0 unspecified atom stereocenters. The summed E-state index contributed by atoms with van der Waals surface area (Å²) < 4.78 is 14.9. The first-order valence-corrected chi connectivity index (χ1v) is 2.12. The summed E-state index contributed by atoms with van der Waals surface area (Å²) in [6, 6.07) is 0. The molecule has 0 bridgehead atoms. The number of esters is 1. The van der Waals surface area contributed by atoms with Crippen molar-refractivity contribution in [3.8, 4) is 0 Å². The average molecular weight is 158 g/mol. The van der Waals surface area contributed by atoms with Crippen molar-refractivity contribution >= 4 is 11.9 Å². The van der Waals surface area contributed by atoms with Gasteiger partial charge in [-0.25, -0.2) is 9.18 Å². The Morgan fingerprint density at radius 1 is 1.50 bits per heavy atom. The van der Waals surface area contributed by atoms with Crippen molar-refractivity contribution in [3.63, 3.8) is 0 Å². The molecule has 0 atom stereocenters. The number of hydrogen-bond acceptors (Lipinski definition) is 4. The summed E-state index contributed by atoms with van der Waals surface area (Å²) >= 11 is 0. The van der Waals surface area contributed by atoms with Gasteiger partial charge in [-0.05, 0) is 0 Å². The van der Waals surface area contributed by atoms with Gasteiger partial charge in [-0.15, -0.1) is 0 Å². The molecule has 0 heterocycles. The molecule has 0 saturated carbocycles. The fraction of sp³-hybridized carbons (Fsp3) is 0.500. The Balaban J connectivity index is 0. The fourth-order valence-corrected chi connectivity index (χ4v) is 0.190. The van der Waals surface area contributed by atoms with E-state index in [1.807, 2.05) is 0 Å². The smallest absolute Gasteiger partial charge is 0.539 e. The molecule has 6 heteroatoms. The Bertz CT molecular complexity index is 126. The van der Waals surface area contributed by atoms with Crippen LogP contribution in [-0.2, 0) is 14.3 Å². The third kappa shape index (κ3) is 6.00. The van der Waals surface area contributed by atoms with E-state index in [-0.39, 0.29) is 29.6 Å². The number of hydrogen-bond donors (Lipinski definition) is 0. The van der Waals surface area contributed by atoms with Crippen molar-refractivity contribution in [3.05, 3.63) is 0 Å². The second-order valence-corrected chi connectivity index (χ2v) is 1.11. The second-order valence-electron chi connectivity index (χ2n) is 1.11. The van der Waals surface area contributed by atoms with E-state index in [4.69, 9.17) is 0 Å². The molecule has 0 spiro atoms. The van der Waals surface area contributed by atoms with E-state index < -0.39 is 25.2 Å². The molecule has 0 radical (unpaired) electrons. The minimum absolute atomic E-state index is 0. The van der Waals surface area contributed by atoms with Gasteiger partial charge >= 0.3 is 35.5 Å². The van der Waals surface area contributed by atoms with E-state index in [9.17, 15) is 19.1 Å². The van der Waals surface area contributed by atoms with E-state index >= 15 is 0 Å². The predicted octanol–water partition coefficient (Wildman–Crippen LogP) is -4.75. The van der Waals surface area contributed by atoms with E-state index in [0.29, 0.717) is 0 Å². The van der Waals surface area contributed by atoms with Gasteiger partial charge in [0.1, 0.15) is 13.3 Å². The number of carboxylic acid groups (broad SMARTS) is 1. The van der Waals surface area contributed by atoms with Gasteiger partial charge in [-0.3, -0.25) is 0 Å². The molecule has 0 aliphatic carbocycles. The van der Waals surface area contributed by atoms with Gasteiger partial charge in [0.2, 0.25) is 0 Å². The summed E-state index contributed by atoms with van der Waals surface area (Å²) in [4.78, 5) is 19.3. The average Bonchev–Trinajstić information content (AvgIpc) is 1.82. The first kappa shape index (κ1) is 12.5. The van der Waals surface area contributed by atoms with Gasteiger partial charge in [-0.2, -0.15) is 0 Å². The molecule has 0 fully saturated rings. The quantitative estimate of drug-likeness (QED) is 0.230. The molecule has 52 valence electrons. The number of alkyl halides is 1. The standard InChI is InChI=1S/C4H5FO4.Na/c5-1-2-9-4(8)3(6)7;/h1-2H2,(H,6,7);/q;+1/p-1. The Labute approximate surface area is 78.6 Å². The summed E-state index contributed by atoms with van der Waals surface area (Å²) in [5.41, 5.74) is 0. The molecule has 0 aliphatic rings. The SMILES string of the molecule is O=C([O-])C(=O)OCCF.[Na+]. The normalized spacial score (nSPS) is 7.70. The molecule has 0 amide bonds. The number of carbonyl (C=O) groups excluding carboxylic acids is 2. The zero-order chi connectivity index (χ0) is 7.28. The largest absolute Gasteiger partial charge is 1.00 e. The third-order valence-electron chi connectivity index (χ3n) is 0.477. The van der Waals surface area contributed by atoms with Crippen LogP contribution < -0.4 is 34.7 Å². The molecule has 10 heavy (non-hydrogen) atoms. The van der Waals surface area contributed by atoms with E-state index in [1.54, 1.807) is 0 Å². The van der Waals surface area contributed by atoms with Crippen LogP contribution in [0.4, 0.5) is 4.39 Å². The zero-order valence-corrected chi connectivity index (χ0v) is 7.43. The molecule has 0 aliphatic heterocycles. The maximum atomic E-state index is 11.1. The third-order valence-corrected chi connectivity index (χ3v) is 0.477. The van der Waals surface area contributed by atoms with Crippen LogP contribution in [0.5, 0.6) is 0 Å². The minimum atomic E-state index is -1.96. The fourth-order valence-electron chi connectivity index (χ4n) is 0.190. The van der Waals surface area contributed by atoms with Crippen molar-refractivity contribution in [1.82, 2.24) is 0 Å². The van der Waals surface area contributed by atoms with Crippen LogP contribution in [0.2, 0.25) is 0 Å². The van der Waals surface area contributed by atoms with Crippen LogP contribution in [0.1, 0.15) is 0 Å². The van der Waals surface area contributed by atoms with Crippen LogP contribution in [0.3, 0.4) is 0 Å². The molecule has 0 N–H and O–H groups in total. The monoisotopic (exact) mass is 158 g/mol. The molecular weight excluding hydrogens is 154 g/mol. The van der Waals surface area contributed by atoms with Crippen molar-refractivity contribution < 1.29 is 53.4 Å². The first-order chi connectivity index (χ1) is 4.18. The van der Waals surface area contributed by atoms with Crippen LogP contribution >= 0.6 is 0 Å². The molecule has 0 aromatic heterocycles. The molecular formula is C4H4FNaO4. The summed E-state index contributed by atoms with van der Waals surface area (Å²) in [6.45, 7) is -1.42. The van der Waals surface area contributed by atoms with Crippen LogP contribution in [0.25, 0.3) is 0 Å². The molecule has 0 aromatic carbocycles. The summed E-state index contributed by atoms with van der Waals surface area (Å²) in [5, 5.41) is 9.50. The zero-order valence-electron chi connectivity index (χ0n) is 5.43. The van der Waals surface area contributed by atoms with Crippen LogP contribution in [0.15, 0.2) is 0 Å². The molecule has 0 saturated heterocycles. The van der Waals surface area contributed by atoms with Crippen molar-refractivity contribution in [2.45, 2.75) is 0 Å². The van der Waals surface area contributed by atoms with Gasteiger partial charge in [0, 0.05) is 0 Å². The number of halogens is 1. The Morgan fingerprint density at radius 2 is 2.00 bits per heavy atom. The number of ether oxygens (including phenoxy) is 1. The predicted molar refractivity (Wildman–Crippen MR) is 21.9 cm³/mol. The number of aliphatic carboxylic acids is 1. The van der Waals surface area contributed by atoms with Crippen LogP contribution in [0, 0.1) is 0 Å². The van der Waals surface area contributed by atoms with Gasteiger partial charge in [0.05, 0.1) is 0 Å². The summed E-state index contributed by atoms with van der Waals surface area (Å²) in [6.07, 6.45) is 0. The maximum Gasteiger partial charge on any atom is 1.00 e. The Hall–Kier alpha value is -0.130.